The Hall–Kier alpha value is -2.98. The molecule has 0 unspecified atom stereocenters. The van der Waals surface area contributed by atoms with Crippen molar-refractivity contribution >= 4 is 29.8 Å². The maximum atomic E-state index is 13.6. The lowest BCUT2D eigenvalue weighted by Crippen LogP contribution is -2.63. The minimum atomic E-state index is -1.99. The molecule has 0 heterocycles. The van der Waals surface area contributed by atoms with E-state index in [0.29, 0.717) is 10.5 Å². The molecule has 2 aliphatic carbocycles. The highest BCUT2D eigenvalue weighted by atomic mass is 32.2. The molecule has 0 bridgehead atoms. The average Bonchev–Trinajstić information content (AvgIpc) is 3.37. The highest BCUT2D eigenvalue weighted by Gasteiger charge is 2.81. The largest absolute Gasteiger partial charge is 0.481 e. The van der Waals surface area contributed by atoms with Gasteiger partial charge in [-0.2, -0.15) is 0 Å². The van der Waals surface area contributed by atoms with Crippen LogP contribution in [0.2, 0.25) is 0 Å². The second-order valence-electron chi connectivity index (χ2n) is 9.30. The Labute approximate surface area is 193 Å². The van der Waals surface area contributed by atoms with E-state index in [0.717, 1.165) is 0 Å². The Bertz CT molecular complexity index is 1040. The Morgan fingerprint density at radius 1 is 1.33 bits per heavy atom. The molecule has 1 aromatic rings. The van der Waals surface area contributed by atoms with Crippen LogP contribution in [0.1, 0.15) is 26.3 Å². The van der Waals surface area contributed by atoms with Crippen molar-refractivity contribution in [3.05, 3.63) is 29.6 Å². The Morgan fingerprint density at radius 2 is 2.00 bits per heavy atom. The molecule has 1 aromatic carbocycles. The maximum absolute atomic E-state index is 13.6. The van der Waals surface area contributed by atoms with Crippen molar-refractivity contribution in [2.45, 2.75) is 49.8 Å². The molecule has 0 spiro atoms. The number of carbonyl (C=O) groups is 3. The van der Waals surface area contributed by atoms with Gasteiger partial charge in [0.1, 0.15) is 28.1 Å². The molecule has 2 saturated carbocycles. The molecule has 2 fully saturated rings. The van der Waals surface area contributed by atoms with Crippen molar-refractivity contribution in [3.8, 4) is 0 Å². The predicted molar refractivity (Wildman–Crippen MR) is 114 cm³/mol. The smallest absolute Gasteiger partial charge is 0.408 e. The summed E-state index contributed by atoms with van der Waals surface area (Å²) in [6.07, 6.45) is -0.990. The first kappa shape index (κ1) is 24.7. The van der Waals surface area contributed by atoms with Crippen LogP contribution >= 0.6 is 11.8 Å². The zero-order valence-electron chi connectivity index (χ0n) is 18.5. The summed E-state index contributed by atoms with van der Waals surface area (Å²) in [5, 5.41) is 26.3. The van der Waals surface area contributed by atoms with Crippen LogP contribution in [-0.4, -0.2) is 51.2 Å². The fourth-order valence-electron chi connectivity index (χ4n) is 4.80. The minimum Gasteiger partial charge on any atom is -0.481 e. The molecule has 0 saturated heterocycles. The van der Waals surface area contributed by atoms with Crippen LogP contribution in [-0.2, 0) is 14.3 Å². The number of rotatable bonds is 7. The molecule has 10 nitrogen and oxygen atoms in total. The lowest BCUT2D eigenvalue weighted by molar-refractivity contribution is -0.149. The van der Waals surface area contributed by atoms with E-state index in [4.69, 9.17) is 10.3 Å². The van der Waals surface area contributed by atoms with E-state index < -0.39 is 58.9 Å². The zero-order chi connectivity index (χ0) is 24.7. The first-order chi connectivity index (χ1) is 15.3. The van der Waals surface area contributed by atoms with Crippen molar-refractivity contribution in [1.82, 2.24) is 10.2 Å². The number of ether oxygens (including phenoxy) is 1. The number of fused-ring (bicyclic) bond motifs is 1. The summed E-state index contributed by atoms with van der Waals surface area (Å²) in [4.78, 5) is 40.9. The van der Waals surface area contributed by atoms with Crippen LogP contribution in [0.3, 0.4) is 0 Å². The van der Waals surface area contributed by atoms with Crippen molar-refractivity contribution in [2.24, 2.45) is 28.8 Å². The molecule has 1 amide bonds. The summed E-state index contributed by atoms with van der Waals surface area (Å²) in [6.45, 7) is 6.46. The number of carboxylic acid groups (broad SMARTS) is 2. The molecular formula is C21H26FN4O6S+. The van der Waals surface area contributed by atoms with Gasteiger partial charge in [-0.15, -0.1) is 11.8 Å². The number of aryl methyl sites for hydroxylation is 1. The van der Waals surface area contributed by atoms with Crippen molar-refractivity contribution in [2.75, 3.05) is 5.75 Å². The quantitative estimate of drug-likeness (QED) is 0.264. The van der Waals surface area contributed by atoms with Gasteiger partial charge in [0, 0.05) is 28.4 Å². The third-order valence-electron chi connectivity index (χ3n) is 6.09. The van der Waals surface area contributed by atoms with E-state index in [1.54, 1.807) is 39.8 Å². The molecule has 12 heteroatoms. The van der Waals surface area contributed by atoms with Crippen LogP contribution < -0.4 is 10.2 Å². The molecule has 2 aliphatic rings. The van der Waals surface area contributed by atoms with Crippen LogP contribution in [0.4, 0.5) is 9.18 Å². The number of hydrogen-bond acceptors (Lipinski definition) is 7. The molecular weight excluding hydrogens is 455 g/mol. The van der Waals surface area contributed by atoms with Crippen LogP contribution in [0.25, 0.3) is 0 Å². The SMILES string of the molecule is Cc1cc(SC[C@@H]2[C@@H](N=[N+]=N)[C@H]3[C@H](C(=O)O)[C@H]3[C@]2(NC(=O)OC(C)(C)C)C(=O)O)ccc1F. The van der Waals surface area contributed by atoms with Crippen molar-refractivity contribution < 1.29 is 33.7 Å². The third-order valence-corrected chi connectivity index (χ3v) is 7.20. The minimum absolute atomic E-state index is 0.107. The topological polar surface area (TPSA) is 163 Å². The fourth-order valence-corrected chi connectivity index (χ4v) is 6.06. The number of carbonyl (C=O) groups excluding carboxylic acids is 1. The number of amides is 1. The van der Waals surface area contributed by atoms with Gasteiger partial charge in [0.05, 0.1) is 5.92 Å². The molecule has 178 valence electrons. The maximum Gasteiger partial charge on any atom is 0.408 e. The van der Waals surface area contributed by atoms with Gasteiger partial charge in [0.15, 0.2) is 5.54 Å². The van der Waals surface area contributed by atoms with Gasteiger partial charge in [-0.3, -0.25) is 4.79 Å². The first-order valence-electron chi connectivity index (χ1n) is 10.3. The molecule has 0 aromatic heterocycles. The van der Waals surface area contributed by atoms with Gasteiger partial charge in [0.2, 0.25) is 4.91 Å². The molecule has 4 N–H and O–H groups in total. The molecule has 33 heavy (non-hydrogen) atoms. The predicted octanol–water partition coefficient (Wildman–Crippen LogP) is 3.07. The van der Waals surface area contributed by atoms with Gasteiger partial charge in [-0.05, 0) is 51.5 Å². The van der Waals surface area contributed by atoms with Crippen molar-refractivity contribution in [1.29, 1.82) is 5.53 Å². The van der Waals surface area contributed by atoms with Crippen LogP contribution in [0.5, 0.6) is 0 Å². The summed E-state index contributed by atoms with van der Waals surface area (Å²) in [5.41, 5.74) is 4.70. The van der Waals surface area contributed by atoms with E-state index in [-0.39, 0.29) is 11.6 Å². The highest BCUT2D eigenvalue weighted by molar-refractivity contribution is 7.99. The van der Waals surface area contributed by atoms with E-state index in [9.17, 15) is 29.0 Å². The van der Waals surface area contributed by atoms with Crippen LogP contribution in [0, 0.1) is 41.9 Å². The lowest BCUT2D eigenvalue weighted by atomic mass is 9.80. The van der Waals surface area contributed by atoms with Gasteiger partial charge in [-0.1, -0.05) is 0 Å². The summed E-state index contributed by atoms with van der Waals surface area (Å²) < 4.78 is 18.9. The number of benzene rings is 1. The van der Waals surface area contributed by atoms with Gasteiger partial charge in [0.25, 0.3) is 0 Å². The van der Waals surface area contributed by atoms with E-state index in [2.05, 4.69) is 15.3 Å². The summed E-state index contributed by atoms with van der Waals surface area (Å²) in [5.74, 6) is -6.48. The number of aliphatic carboxylic acids is 2. The monoisotopic (exact) mass is 481 g/mol. The number of hydrogen-bond donors (Lipinski definition) is 4. The highest BCUT2D eigenvalue weighted by Crippen LogP contribution is 2.66. The van der Waals surface area contributed by atoms with Crippen molar-refractivity contribution in [3.63, 3.8) is 0 Å². The van der Waals surface area contributed by atoms with E-state index in [1.807, 2.05) is 0 Å². The normalized spacial score (nSPS) is 30.0. The molecule has 0 aliphatic heterocycles. The van der Waals surface area contributed by atoms with Gasteiger partial charge >= 0.3 is 18.0 Å². The first-order valence-corrected chi connectivity index (χ1v) is 11.2. The average molecular weight is 482 g/mol. The van der Waals surface area contributed by atoms with Crippen LogP contribution in [0.15, 0.2) is 28.2 Å². The molecule has 0 radical (unpaired) electrons. The second kappa shape index (κ2) is 8.75. The lowest BCUT2D eigenvalue weighted by Gasteiger charge is -2.36. The fraction of sp³-hybridized carbons (Fsp3) is 0.571. The van der Waals surface area contributed by atoms with Gasteiger partial charge < -0.3 is 20.3 Å². The number of carboxylic acids is 2. The summed E-state index contributed by atoms with van der Waals surface area (Å²) >= 11 is 1.23. The number of alkyl carbamates (subject to hydrolysis) is 1. The Balaban J connectivity index is 2.00. The number of nitrogens with zero attached hydrogens (tertiary/aromatic N) is 2. The summed E-state index contributed by atoms with van der Waals surface area (Å²) in [6, 6.07) is 3.55. The standard InChI is InChI=1S/C21H25FN4O6S/c1-9-7-10(5-6-12(9)22)33-8-11-16(25-26-23)13-14(17(27)28)15(13)21(11,18(29)30)24-19(31)32-20(2,3)4/h5-7,11,13-16,23H,8H2,1-4H3,(H2-,24,27,28,29,30,31)/p+1/t11-,13+,14+,15+,16-,21+/m1/s1. The summed E-state index contributed by atoms with van der Waals surface area (Å²) in [7, 11) is 0. The number of halogens is 1. The Morgan fingerprint density at radius 3 is 2.52 bits per heavy atom. The zero-order valence-corrected chi connectivity index (χ0v) is 19.4. The van der Waals surface area contributed by atoms with E-state index >= 15 is 0 Å². The second-order valence-corrected chi connectivity index (χ2v) is 10.4. The molecule has 6 atom stereocenters. The number of thioether (sulfide) groups is 1. The van der Waals surface area contributed by atoms with E-state index in [1.165, 1.54) is 17.8 Å². The number of nitrogens with one attached hydrogen (secondary N) is 2. The third kappa shape index (κ3) is 4.58. The molecule has 3 rings (SSSR count). The van der Waals surface area contributed by atoms with Gasteiger partial charge in [-0.25, -0.2) is 14.0 Å². The Kier molecular flexibility index (Phi) is 6.54.